The average Bonchev–Trinajstić information content (AvgIpc) is 1.78. The number of thiazole rings is 1. The summed E-state index contributed by atoms with van der Waals surface area (Å²) in [6.45, 7) is 18.1. The number of esters is 2. The van der Waals surface area contributed by atoms with Crippen molar-refractivity contribution < 1.29 is 106 Å². The highest BCUT2D eigenvalue weighted by molar-refractivity contribution is 8.17. The maximum atomic E-state index is 14.5. The minimum absolute atomic E-state index is 0.00720. The standard InChI is InChI=1S/C72H106N8O22S3/c1-15-40(6)48(32-58(85)72(10,11)79(12)13)70(96)80(14)51(39(4)5)33-55(101-43(9)81)69-76-50(36-103-69)66(93)74-45(28-41(7)71(97)98)29-44-20-21-54-49(30-44)75-64(91)42(8)73-65(92)47(38(2)3)31-46(82)22-26-99-24-16-18-52(83)62-63(53(84)19-17-25-100-27-23-61(90)102-54)78-68(95)57(35-60(88)89)105-37-104-56(34-59(86)87)67(94)77-62/h20-21,30,36,38-42,45,47-48,51,55-57,62-63H,15-19,22-29,31-35,37H2,1-14H3,(H,73,92)(H,74,93)(H,75,91)(H,77,94)(H,78,95)(H,86,87)(H,88,89)(H,97,98)/t40-,41?,42?,45+,47?,48-,51+,55+,56?,57?,62?,63?/m0/s1. The van der Waals surface area contributed by atoms with E-state index < -0.39 is 173 Å². The second-order valence-electron chi connectivity index (χ2n) is 28.2. The smallest absolute Gasteiger partial charge is 0.313 e. The average molecular weight is 1530 g/mol. The number of carboxylic acids is 3. The van der Waals surface area contributed by atoms with Crippen LogP contribution in [0, 0.1) is 35.5 Å². The largest absolute Gasteiger partial charge is 0.481 e. The highest BCUT2D eigenvalue weighted by Crippen LogP contribution is 2.35. The summed E-state index contributed by atoms with van der Waals surface area (Å²) in [7, 11) is 5.26. The summed E-state index contributed by atoms with van der Waals surface area (Å²) >= 11 is 2.66. The van der Waals surface area contributed by atoms with Gasteiger partial charge in [0.2, 0.25) is 29.5 Å². The third-order valence-electron chi connectivity index (χ3n) is 18.9. The van der Waals surface area contributed by atoms with Gasteiger partial charge in [0, 0.05) is 100 Å². The molecule has 2 aliphatic heterocycles. The van der Waals surface area contributed by atoms with E-state index in [1.165, 1.54) is 44.4 Å². The molecular weight excluding hydrogens is 1430 g/mol. The Balaban J connectivity index is 1.68. The topological polar surface area (TPSA) is 433 Å². The number of rotatable bonds is 25. The molecule has 12 atom stereocenters. The molecule has 1 saturated heterocycles. The monoisotopic (exact) mass is 1530 g/mol. The Morgan fingerprint density at radius 2 is 1.32 bits per heavy atom. The summed E-state index contributed by atoms with van der Waals surface area (Å²) in [5, 5.41) is 41.7. The first kappa shape index (κ1) is 89.7. The number of thioether (sulfide) groups is 2. The molecule has 4 rings (SSSR count). The van der Waals surface area contributed by atoms with Crippen molar-refractivity contribution in [1.82, 2.24) is 36.1 Å². The number of fused-ring (bicyclic) bond motifs is 2. The summed E-state index contributed by atoms with van der Waals surface area (Å²) in [6.07, 6.45) is -3.68. The number of hydrogen-bond acceptors (Lipinski definition) is 24. The lowest BCUT2D eigenvalue weighted by Crippen LogP contribution is -2.61. The van der Waals surface area contributed by atoms with Crippen LogP contribution >= 0.6 is 34.9 Å². The lowest BCUT2D eigenvalue weighted by molar-refractivity contribution is -0.150. The van der Waals surface area contributed by atoms with Crippen LogP contribution in [0.25, 0.3) is 0 Å². The molecule has 30 nitrogen and oxygen atoms in total. The number of Topliss-reactive ketones (excluding diaryl/α,β-unsaturated/α-hetero) is 4. The first-order valence-corrected chi connectivity index (χ1v) is 38.3. The van der Waals surface area contributed by atoms with Crippen LogP contribution in [-0.4, -0.2) is 217 Å². The summed E-state index contributed by atoms with van der Waals surface area (Å²) in [5.74, 6) is -15.3. The van der Waals surface area contributed by atoms with Gasteiger partial charge in [0.15, 0.2) is 29.2 Å². The predicted octanol–water partition coefficient (Wildman–Crippen LogP) is 6.23. The number of carbonyl (C=O) groups is 15. The highest BCUT2D eigenvalue weighted by atomic mass is 32.2. The molecule has 0 spiro atoms. The molecule has 1 aromatic carbocycles. The summed E-state index contributed by atoms with van der Waals surface area (Å²) in [4.78, 5) is 211. The van der Waals surface area contributed by atoms with Crippen molar-refractivity contribution in [1.29, 1.82) is 0 Å². The molecule has 1 aromatic heterocycles. The fraction of sp³-hybridized carbons (Fsp3) is 0.667. The van der Waals surface area contributed by atoms with E-state index >= 15 is 0 Å². The number of ketones is 4. The van der Waals surface area contributed by atoms with Crippen molar-refractivity contribution in [3.8, 4) is 5.75 Å². The molecule has 6 amide bonds. The molecule has 1 fully saturated rings. The van der Waals surface area contributed by atoms with Gasteiger partial charge in [-0.3, -0.25) is 76.8 Å². The van der Waals surface area contributed by atoms with Crippen LogP contribution in [0.15, 0.2) is 23.6 Å². The Morgan fingerprint density at radius 3 is 1.84 bits per heavy atom. The number of carbonyl (C=O) groups excluding carboxylic acids is 12. The van der Waals surface area contributed by atoms with Crippen LogP contribution in [0.3, 0.4) is 0 Å². The van der Waals surface area contributed by atoms with Gasteiger partial charge in [-0.05, 0) is 96.0 Å². The second-order valence-corrected chi connectivity index (χ2v) is 31.8. The van der Waals surface area contributed by atoms with Gasteiger partial charge in [-0.15, -0.1) is 34.9 Å². The van der Waals surface area contributed by atoms with Gasteiger partial charge in [0.05, 0.1) is 60.1 Å². The number of likely N-dealkylation sites (N-methyl/N-ethyl adjacent to an activating group) is 1. The van der Waals surface area contributed by atoms with E-state index in [1.807, 2.05) is 46.4 Å². The lowest BCUT2D eigenvalue weighted by atomic mass is 9.81. The molecule has 105 heavy (non-hydrogen) atoms. The molecular formula is C72H106N8O22S3. The highest BCUT2D eigenvalue weighted by Gasteiger charge is 2.42. The zero-order chi connectivity index (χ0) is 78.7. The van der Waals surface area contributed by atoms with Crippen molar-refractivity contribution in [2.45, 2.75) is 218 Å². The first-order valence-electron chi connectivity index (χ1n) is 35.3. The van der Waals surface area contributed by atoms with E-state index in [9.17, 15) is 87.2 Å². The summed E-state index contributed by atoms with van der Waals surface area (Å²) in [6, 6.07) is -2.01. The number of aliphatic carboxylic acids is 3. The number of nitrogens with zero attached hydrogens (tertiary/aromatic N) is 3. The molecule has 2 aromatic rings. The van der Waals surface area contributed by atoms with Crippen molar-refractivity contribution in [2.75, 3.05) is 58.0 Å². The van der Waals surface area contributed by atoms with Gasteiger partial charge in [0.1, 0.15) is 34.6 Å². The van der Waals surface area contributed by atoms with Crippen LogP contribution in [0.5, 0.6) is 5.75 Å². The summed E-state index contributed by atoms with van der Waals surface area (Å²) < 4.78 is 23.0. The normalized spacial score (nSPS) is 22.0. The Labute approximate surface area is 625 Å². The third-order valence-corrected chi connectivity index (χ3v) is 22.5. The van der Waals surface area contributed by atoms with Crippen LogP contribution in [0.2, 0.25) is 0 Å². The minimum atomic E-state index is -1.77. The van der Waals surface area contributed by atoms with Crippen molar-refractivity contribution in [3.05, 3.63) is 39.8 Å². The Bertz CT molecular complexity index is 3420. The molecule has 33 heteroatoms. The lowest BCUT2D eigenvalue weighted by Gasteiger charge is -2.38. The molecule has 584 valence electrons. The Hall–Kier alpha value is -7.72. The van der Waals surface area contributed by atoms with Crippen molar-refractivity contribution in [2.24, 2.45) is 35.5 Å². The quantitative estimate of drug-likeness (QED) is 0.0403. The Morgan fingerprint density at radius 1 is 0.752 bits per heavy atom. The number of hydrogen-bond donors (Lipinski definition) is 8. The van der Waals surface area contributed by atoms with Gasteiger partial charge < -0.3 is 65.8 Å². The van der Waals surface area contributed by atoms with Crippen LogP contribution in [0.4, 0.5) is 5.69 Å². The SMILES string of the molecule is CC[C@H](C)[C@H](CC(=O)C(C)(C)N(C)C)C(=O)N(C)[C@H](C[C@@H](OC(C)=O)c1nc(C(=O)N[C@@H](Cc2ccc3c(c2)NC(=O)C(C)NC(=O)C(C(C)C)CC(=O)CCOCCCC(=O)C2NC(=O)C(CC(=O)O)SCSC(CC(=O)O)C(=O)NC2C(=O)CCCOCCC(=O)O3)CC(C)C(=O)O)cs1)C(C)C. The zero-order valence-electron chi connectivity index (χ0n) is 62.5. The number of amides is 6. The zero-order valence-corrected chi connectivity index (χ0v) is 64.9. The van der Waals surface area contributed by atoms with E-state index in [1.54, 1.807) is 39.9 Å². The molecule has 0 aliphatic carbocycles. The van der Waals surface area contributed by atoms with E-state index in [4.69, 9.17) is 18.9 Å². The van der Waals surface area contributed by atoms with Crippen molar-refractivity contribution in [3.63, 3.8) is 0 Å². The van der Waals surface area contributed by atoms with Crippen LogP contribution < -0.4 is 31.3 Å². The number of nitrogens with one attached hydrogen (secondary N) is 5. The number of anilines is 1. The van der Waals surface area contributed by atoms with Gasteiger partial charge in [-0.25, -0.2) is 4.98 Å². The van der Waals surface area contributed by atoms with Crippen LogP contribution in [0.1, 0.15) is 187 Å². The van der Waals surface area contributed by atoms with Gasteiger partial charge >= 0.3 is 29.8 Å². The number of benzene rings is 1. The van der Waals surface area contributed by atoms with Gasteiger partial charge in [-0.2, -0.15) is 0 Å². The van der Waals surface area contributed by atoms with Gasteiger partial charge in [0.25, 0.3) is 5.91 Å². The molecule has 2 aliphatic rings. The summed E-state index contributed by atoms with van der Waals surface area (Å²) in [5.41, 5.74) is -0.664. The number of carboxylic acid groups (broad SMARTS) is 3. The third kappa shape index (κ3) is 28.8. The minimum Gasteiger partial charge on any atom is -0.481 e. The number of ether oxygens (including phenoxy) is 4. The maximum Gasteiger partial charge on any atom is 0.313 e. The van der Waals surface area contributed by atoms with Gasteiger partial charge in [-0.1, -0.05) is 61.0 Å². The Kier molecular flexibility index (Phi) is 36.9. The molecule has 0 radical (unpaired) electrons. The predicted molar refractivity (Wildman–Crippen MR) is 391 cm³/mol. The van der Waals surface area contributed by atoms with E-state index in [0.29, 0.717) is 12.0 Å². The first-order chi connectivity index (χ1) is 49.2. The molecule has 0 bridgehead atoms. The molecule has 3 heterocycles. The van der Waals surface area contributed by atoms with E-state index in [2.05, 4.69) is 31.6 Å². The van der Waals surface area contributed by atoms with E-state index in [0.717, 1.165) is 34.9 Å². The molecule has 7 unspecified atom stereocenters. The van der Waals surface area contributed by atoms with Crippen LogP contribution in [-0.2, 0) is 87.8 Å². The molecule has 8 N–H and O–H groups in total. The van der Waals surface area contributed by atoms with Crippen molar-refractivity contribution >= 4 is 129 Å². The fourth-order valence-corrected chi connectivity index (χ4v) is 15.1. The van der Waals surface area contributed by atoms with E-state index in [-0.39, 0.29) is 141 Å². The molecule has 0 saturated carbocycles. The fourth-order valence-electron chi connectivity index (χ4n) is 11.6. The maximum absolute atomic E-state index is 14.5. The second kappa shape index (κ2) is 43.2. The number of aromatic nitrogens is 1.